The summed E-state index contributed by atoms with van der Waals surface area (Å²) in [6.07, 6.45) is 0. The van der Waals surface area contributed by atoms with Crippen LogP contribution >= 0.6 is 15.9 Å². The smallest absolute Gasteiger partial charge is 0.284 e. The molecule has 0 aliphatic rings. The molecule has 0 bridgehead atoms. The summed E-state index contributed by atoms with van der Waals surface area (Å²) in [6, 6.07) is 18.9. The van der Waals surface area contributed by atoms with Crippen LogP contribution in [0.3, 0.4) is 0 Å². The first-order valence-electron chi connectivity index (χ1n) is 10.5. The molecule has 0 aliphatic heterocycles. The lowest BCUT2D eigenvalue weighted by molar-refractivity contribution is -0.118. The minimum Gasteiger partial charge on any atom is -0.497 e. The number of nitrogens with zero attached hydrogens (tertiary/aromatic N) is 4. The summed E-state index contributed by atoms with van der Waals surface area (Å²) in [4.78, 5) is 20.5. The van der Waals surface area contributed by atoms with Crippen LogP contribution in [0, 0.1) is 6.92 Å². The molecule has 0 atom stereocenters. The SMILES string of the molecule is COc1ccc(-c2nc3cc(C)ccc3n2CC(=O)N=Nc2c(O)[nH]c3ccc(Br)cc23)cc1. The molecule has 0 saturated heterocycles. The normalized spacial score (nSPS) is 11.6. The Morgan fingerprint density at radius 2 is 1.94 bits per heavy atom. The average molecular weight is 518 g/mol. The Labute approximate surface area is 203 Å². The molecule has 8 nitrogen and oxygen atoms in total. The van der Waals surface area contributed by atoms with Gasteiger partial charge in [0.2, 0.25) is 5.88 Å². The summed E-state index contributed by atoms with van der Waals surface area (Å²) in [5.74, 6) is 0.758. The van der Waals surface area contributed by atoms with Crippen molar-refractivity contribution in [2.45, 2.75) is 13.5 Å². The number of aromatic nitrogens is 3. The molecule has 0 saturated carbocycles. The second-order valence-corrected chi connectivity index (χ2v) is 8.76. The van der Waals surface area contributed by atoms with E-state index in [0.717, 1.165) is 32.4 Å². The van der Waals surface area contributed by atoms with E-state index in [9.17, 15) is 9.90 Å². The Bertz CT molecular complexity index is 1570. The van der Waals surface area contributed by atoms with Gasteiger partial charge in [-0.15, -0.1) is 10.2 Å². The van der Waals surface area contributed by atoms with E-state index in [4.69, 9.17) is 9.72 Å². The number of aromatic amines is 1. The predicted octanol–water partition coefficient (Wildman–Crippen LogP) is 6.28. The summed E-state index contributed by atoms with van der Waals surface area (Å²) in [7, 11) is 1.61. The number of azo groups is 1. The number of imidazole rings is 1. The van der Waals surface area contributed by atoms with Crippen molar-refractivity contribution < 1.29 is 14.6 Å². The number of fused-ring (bicyclic) bond motifs is 2. The number of methoxy groups -OCH3 is 1. The van der Waals surface area contributed by atoms with Gasteiger partial charge in [-0.25, -0.2) is 4.98 Å². The van der Waals surface area contributed by atoms with Crippen LogP contribution in [0.4, 0.5) is 5.69 Å². The average Bonchev–Trinajstić information content (AvgIpc) is 3.33. The number of hydrogen-bond acceptors (Lipinski definition) is 5. The molecule has 0 aliphatic carbocycles. The minimum absolute atomic E-state index is 0.0583. The molecule has 170 valence electrons. The molecule has 2 aromatic heterocycles. The first-order valence-corrected chi connectivity index (χ1v) is 11.3. The number of benzene rings is 3. The van der Waals surface area contributed by atoms with E-state index < -0.39 is 5.91 Å². The topological polar surface area (TPSA) is 105 Å². The number of halogens is 1. The van der Waals surface area contributed by atoms with Crippen molar-refractivity contribution in [1.82, 2.24) is 14.5 Å². The van der Waals surface area contributed by atoms with Gasteiger partial charge in [-0.2, -0.15) is 0 Å². The highest BCUT2D eigenvalue weighted by molar-refractivity contribution is 9.10. The van der Waals surface area contributed by atoms with Gasteiger partial charge in [0.05, 0.1) is 23.7 Å². The lowest BCUT2D eigenvalue weighted by Gasteiger charge is -2.08. The monoisotopic (exact) mass is 517 g/mol. The molecule has 0 fully saturated rings. The highest BCUT2D eigenvalue weighted by Gasteiger charge is 2.17. The number of carbonyl (C=O) groups excluding carboxylic acids is 1. The number of hydrogen-bond donors (Lipinski definition) is 2. The molecular formula is C25H20BrN5O3. The second-order valence-electron chi connectivity index (χ2n) is 7.85. The van der Waals surface area contributed by atoms with Crippen molar-refractivity contribution in [3.63, 3.8) is 0 Å². The molecule has 0 spiro atoms. The molecule has 5 aromatic rings. The van der Waals surface area contributed by atoms with Gasteiger partial charge in [0.15, 0.2) is 5.69 Å². The van der Waals surface area contributed by atoms with Gasteiger partial charge in [0, 0.05) is 15.4 Å². The zero-order valence-electron chi connectivity index (χ0n) is 18.4. The Morgan fingerprint density at radius 3 is 2.71 bits per heavy atom. The number of aryl methyl sites for hydroxylation is 1. The van der Waals surface area contributed by atoms with Crippen LogP contribution in [0.2, 0.25) is 0 Å². The van der Waals surface area contributed by atoms with Gasteiger partial charge in [0.1, 0.15) is 18.1 Å². The zero-order chi connectivity index (χ0) is 23.8. The fourth-order valence-corrected chi connectivity index (χ4v) is 4.23. The van der Waals surface area contributed by atoms with Crippen molar-refractivity contribution in [3.05, 3.63) is 70.7 Å². The molecule has 9 heteroatoms. The van der Waals surface area contributed by atoms with Crippen molar-refractivity contribution in [2.24, 2.45) is 10.2 Å². The van der Waals surface area contributed by atoms with Crippen LogP contribution in [0.1, 0.15) is 5.56 Å². The number of aromatic hydroxyl groups is 1. The number of nitrogens with one attached hydrogen (secondary N) is 1. The lowest BCUT2D eigenvalue weighted by Crippen LogP contribution is -2.08. The van der Waals surface area contributed by atoms with Crippen molar-refractivity contribution in [2.75, 3.05) is 7.11 Å². The maximum atomic E-state index is 12.9. The highest BCUT2D eigenvalue weighted by Crippen LogP contribution is 2.37. The standard InChI is InChI=1S/C25H20BrN5O3/c1-14-3-10-21-20(11-14)27-24(15-4-7-17(34-2)8-5-15)31(21)13-22(32)29-30-23-18-12-16(26)6-9-19(18)28-25(23)33/h3-12,28,33H,13H2,1-2H3. The molecule has 2 heterocycles. The molecule has 0 unspecified atom stereocenters. The van der Waals surface area contributed by atoms with Crippen LogP contribution in [-0.2, 0) is 11.3 Å². The number of ether oxygens (including phenoxy) is 1. The summed E-state index contributed by atoms with van der Waals surface area (Å²) >= 11 is 3.41. The third kappa shape index (κ3) is 4.06. The Hall–Kier alpha value is -3.98. The Morgan fingerprint density at radius 1 is 1.15 bits per heavy atom. The van der Waals surface area contributed by atoms with E-state index in [1.807, 2.05) is 60.0 Å². The predicted molar refractivity (Wildman–Crippen MR) is 134 cm³/mol. The summed E-state index contributed by atoms with van der Waals surface area (Å²) in [5.41, 5.74) is 4.43. The van der Waals surface area contributed by atoms with Crippen LogP contribution in [0.15, 0.2) is 75.4 Å². The largest absolute Gasteiger partial charge is 0.497 e. The second kappa shape index (κ2) is 8.75. The van der Waals surface area contributed by atoms with Crippen LogP contribution < -0.4 is 4.74 Å². The zero-order valence-corrected chi connectivity index (χ0v) is 20.0. The lowest BCUT2D eigenvalue weighted by atomic mass is 10.2. The van der Waals surface area contributed by atoms with Gasteiger partial charge in [-0.05, 0) is 67.1 Å². The van der Waals surface area contributed by atoms with E-state index in [1.54, 1.807) is 19.2 Å². The third-order valence-electron chi connectivity index (χ3n) is 5.52. The van der Waals surface area contributed by atoms with E-state index in [1.165, 1.54) is 0 Å². The van der Waals surface area contributed by atoms with Gasteiger partial charge < -0.3 is 19.4 Å². The Balaban J connectivity index is 1.51. The van der Waals surface area contributed by atoms with Crippen LogP contribution in [0.25, 0.3) is 33.3 Å². The molecule has 2 N–H and O–H groups in total. The minimum atomic E-state index is -0.474. The van der Waals surface area contributed by atoms with E-state index in [0.29, 0.717) is 16.7 Å². The molecule has 5 rings (SSSR count). The number of rotatable bonds is 5. The van der Waals surface area contributed by atoms with Crippen LogP contribution in [0.5, 0.6) is 11.6 Å². The molecule has 0 radical (unpaired) electrons. The highest BCUT2D eigenvalue weighted by atomic mass is 79.9. The van der Waals surface area contributed by atoms with E-state index in [-0.39, 0.29) is 18.1 Å². The Kier molecular flexibility index (Phi) is 5.62. The number of H-pyrrole nitrogens is 1. The van der Waals surface area contributed by atoms with Crippen molar-refractivity contribution >= 4 is 49.5 Å². The first kappa shape index (κ1) is 21.8. The van der Waals surface area contributed by atoms with Crippen molar-refractivity contribution in [3.8, 4) is 23.0 Å². The maximum Gasteiger partial charge on any atom is 0.284 e. The van der Waals surface area contributed by atoms with Crippen LogP contribution in [-0.4, -0.2) is 32.7 Å². The molecule has 3 aromatic carbocycles. The summed E-state index contributed by atoms with van der Waals surface area (Å²) in [5, 5.41) is 18.8. The number of carbonyl (C=O) groups is 1. The fourth-order valence-electron chi connectivity index (χ4n) is 3.87. The fraction of sp³-hybridized carbons (Fsp3) is 0.120. The summed E-state index contributed by atoms with van der Waals surface area (Å²) < 4.78 is 7.90. The maximum absolute atomic E-state index is 12.9. The van der Waals surface area contributed by atoms with Crippen molar-refractivity contribution in [1.29, 1.82) is 0 Å². The number of amides is 1. The first-order chi connectivity index (χ1) is 16.4. The summed E-state index contributed by atoms with van der Waals surface area (Å²) in [6.45, 7) is 1.94. The van der Waals surface area contributed by atoms with E-state index >= 15 is 0 Å². The van der Waals surface area contributed by atoms with E-state index in [2.05, 4.69) is 31.1 Å². The van der Waals surface area contributed by atoms with Gasteiger partial charge in [0.25, 0.3) is 5.91 Å². The molecular weight excluding hydrogens is 498 g/mol. The molecule has 34 heavy (non-hydrogen) atoms. The van der Waals surface area contributed by atoms with Gasteiger partial charge >= 0.3 is 0 Å². The third-order valence-corrected chi connectivity index (χ3v) is 6.01. The van der Waals surface area contributed by atoms with Gasteiger partial charge in [-0.1, -0.05) is 22.0 Å². The van der Waals surface area contributed by atoms with Gasteiger partial charge in [-0.3, -0.25) is 4.79 Å². The molecule has 1 amide bonds. The quantitative estimate of drug-likeness (QED) is 0.267.